The Balaban J connectivity index is 2.05. The number of halogens is 2. The van der Waals surface area contributed by atoms with Gasteiger partial charge in [-0.1, -0.05) is 50.9 Å². The highest BCUT2D eigenvalue weighted by atomic mass is 79.9. The highest BCUT2D eigenvalue weighted by Gasteiger charge is 2.20. The summed E-state index contributed by atoms with van der Waals surface area (Å²) in [7, 11) is 0. The van der Waals surface area contributed by atoms with Gasteiger partial charge in [-0.3, -0.25) is 4.98 Å². The fourth-order valence-electron chi connectivity index (χ4n) is 3.27. The number of rotatable bonds is 5. The molecule has 5 heteroatoms. The van der Waals surface area contributed by atoms with E-state index < -0.39 is 0 Å². The SMILES string of the molecule is Cc1cc(C(C[C@H](c2ccc(Br)cc2)c2ccc(Cl)cc2C)=NO)ccn1. The average molecular weight is 444 g/mol. The third kappa shape index (κ3) is 4.76. The summed E-state index contributed by atoms with van der Waals surface area (Å²) >= 11 is 9.65. The van der Waals surface area contributed by atoms with E-state index in [0.29, 0.717) is 17.2 Å². The minimum absolute atomic E-state index is 0.0368. The van der Waals surface area contributed by atoms with E-state index in [1.54, 1.807) is 6.20 Å². The normalized spacial score (nSPS) is 12.8. The molecule has 3 rings (SSSR count). The minimum Gasteiger partial charge on any atom is -0.411 e. The van der Waals surface area contributed by atoms with Gasteiger partial charge in [0.2, 0.25) is 0 Å². The van der Waals surface area contributed by atoms with E-state index in [1.807, 2.05) is 43.3 Å². The van der Waals surface area contributed by atoms with Crippen LogP contribution in [0.4, 0.5) is 0 Å². The van der Waals surface area contributed by atoms with Crippen LogP contribution in [-0.2, 0) is 0 Å². The number of pyridine rings is 1. The number of aromatic nitrogens is 1. The van der Waals surface area contributed by atoms with Crippen LogP contribution >= 0.6 is 27.5 Å². The maximum atomic E-state index is 9.71. The number of benzene rings is 2. The van der Waals surface area contributed by atoms with E-state index in [0.717, 1.165) is 32.4 Å². The molecule has 0 aliphatic rings. The third-order valence-electron chi connectivity index (χ3n) is 4.63. The van der Waals surface area contributed by atoms with Gasteiger partial charge in [-0.2, -0.15) is 0 Å². The summed E-state index contributed by atoms with van der Waals surface area (Å²) in [5.41, 5.74) is 5.81. The van der Waals surface area contributed by atoms with Crippen LogP contribution in [0.25, 0.3) is 0 Å². The molecule has 0 aliphatic carbocycles. The second-order valence-electron chi connectivity index (χ2n) is 6.54. The molecule has 0 aliphatic heterocycles. The first-order chi connectivity index (χ1) is 13.0. The topological polar surface area (TPSA) is 45.5 Å². The van der Waals surface area contributed by atoms with Gasteiger partial charge < -0.3 is 5.21 Å². The van der Waals surface area contributed by atoms with Crippen LogP contribution in [-0.4, -0.2) is 15.9 Å². The Morgan fingerprint density at radius 3 is 2.48 bits per heavy atom. The van der Waals surface area contributed by atoms with Gasteiger partial charge in [-0.25, -0.2) is 0 Å². The summed E-state index contributed by atoms with van der Waals surface area (Å²) < 4.78 is 1.03. The van der Waals surface area contributed by atoms with Crippen LogP contribution in [0.15, 0.2) is 70.4 Å². The summed E-state index contributed by atoms with van der Waals surface area (Å²) in [6.45, 7) is 3.98. The summed E-state index contributed by atoms with van der Waals surface area (Å²) in [4.78, 5) is 4.23. The highest BCUT2D eigenvalue weighted by molar-refractivity contribution is 9.10. The van der Waals surface area contributed by atoms with Gasteiger partial charge in [-0.05, 0) is 66.9 Å². The number of aryl methyl sites for hydroxylation is 2. The van der Waals surface area contributed by atoms with Crippen molar-refractivity contribution in [3.63, 3.8) is 0 Å². The first-order valence-electron chi connectivity index (χ1n) is 8.63. The number of hydrogen-bond donors (Lipinski definition) is 1. The maximum absolute atomic E-state index is 9.71. The molecule has 0 saturated carbocycles. The molecule has 0 bridgehead atoms. The summed E-state index contributed by atoms with van der Waals surface area (Å²) in [6.07, 6.45) is 2.29. The van der Waals surface area contributed by atoms with Crippen LogP contribution in [0.2, 0.25) is 5.02 Å². The zero-order valence-electron chi connectivity index (χ0n) is 15.2. The Morgan fingerprint density at radius 1 is 1.11 bits per heavy atom. The fraction of sp³-hybridized carbons (Fsp3) is 0.182. The monoisotopic (exact) mass is 442 g/mol. The minimum atomic E-state index is 0.0368. The smallest absolute Gasteiger partial charge is 0.0878 e. The molecule has 0 fully saturated rings. The van der Waals surface area contributed by atoms with E-state index in [2.05, 4.69) is 51.2 Å². The van der Waals surface area contributed by atoms with Gasteiger partial charge in [-0.15, -0.1) is 0 Å². The molecule has 1 N–H and O–H groups in total. The van der Waals surface area contributed by atoms with Crippen molar-refractivity contribution in [3.8, 4) is 0 Å². The zero-order valence-corrected chi connectivity index (χ0v) is 17.5. The molecular weight excluding hydrogens is 424 g/mol. The molecule has 2 aromatic carbocycles. The molecule has 0 spiro atoms. The lowest BCUT2D eigenvalue weighted by Gasteiger charge is -2.21. The lowest BCUT2D eigenvalue weighted by Crippen LogP contribution is -2.12. The Hall–Kier alpha value is -2.17. The molecule has 0 unspecified atom stereocenters. The largest absolute Gasteiger partial charge is 0.411 e. The molecule has 1 heterocycles. The summed E-state index contributed by atoms with van der Waals surface area (Å²) in [5.74, 6) is 0.0368. The van der Waals surface area contributed by atoms with Gasteiger partial charge in [0.05, 0.1) is 5.71 Å². The zero-order chi connectivity index (χ0) is 19.4. The molecule has 0 saturated heterocycles. The molecular formula is C22H20BrClN2O. The van der Waals surface area contributed by atoms with E-state index in [1.165, 1.54) is 0 Å². The number of nitrogens with zero attached hydrogens (tertiary/aromatic N) is 2. The van der Waals surface area contributed by atoms with E-state index in [9.17, 15) is 5.21 Å². The summed E-state index contributed by atoms with van der Waals surface area (Å²) in [6, 6.07) is 18.0. The van der Waals surface area contributed by atoms with Crippen LogP contribution in [0.1, 0.15) is 40.3 Å². The number of hydrogen-bond acceptors (Lipinski definition) is 3. The predicted octanol–water partition coefficient (Wildman–Crippen LogP) is 6.51. The lowest BCUT2D eigenvalue weighted by atomic mass is 9.83. The van der Waals surface area contributed by atoms with Gasteiger partial charge in [0.1, 0.15) is 0 Å². The van der Waals surface area contributed by atoms with Crippen LogP contribution in [0, 0.1) is 13.8 Å². The van der Waals surface area contributed by atoms with Crippen molar-refractivity contribution in [1.29, 1.82) is 0 Å². The van der Waals surface area contributed by atoms with Crippen molar-refractivity contribution in [1.82, 2.24) is 4.98 Å². The van der Waals surface area contributed by atoms with Gasteiger partial charge in [0.15, 0.2) is 0 Å². The van der Waals surface area contributed by atoms with Crippen molar-refractivity contribution in [2.75, 3.05) is 0 Å². The van der Waals surface area contributed by atoms with Crippen molar-refractivity contribution in [2.24, 2.45) is 5.16 Å². The Kier molecular flexibility index (Phi) is 6.30. The quantitative estimate of drug-likeness (QED) is 0.277. The Morgan fingerprint density at radius 2 is 1.85 bits per heavy atom. The molecule has 3 nitrogen and oxygen atoms in total. The molecule has 0 radical (unpaired) electrons. The second kappa shape index (κ2) is 8.68. The molecule has 0 amide bonds. The van der Waals surface area contributed by atoms with Gasteiger partial charge in [0.25, 0.3) is 0 Å². The Labute approximate surface area is 172 Å². The van der Waals surface area contributed by atoms with Gasteiger partial charge in [0, 0.05) is 39.3 Å². The molecule has 1 atom stereocenters. The second-order valence-corrected chi connectivity index (χ2v) is 7.89. The third-order valence-corrected chi connectivity index (χ3v) is 5.39. The molecule has 3 aromatic rings. The van der Waals surface area contributed by atoms with Crippen LogP contribution < -0.4 is 0 Å². The first-order valence-corrected chi connectivity index (χ1v) is 9.80. The lowest BCUT2D eigenvalue weighted by molar-refractivity contribution is 0.317. The predicted molar refractivity (Wildman–Crippen MR) is 114 cm³/mol. The first kappa shape index (κ1) is 19.6. The van der Waals surface area contributed by atoms with E-state index in [-0.39, 0.29) is 5.92 Å². The molecule has 1 aromatic heterocycles. The van der Waals surface area contributed by atoms with E-state index in [4.69, 9.17) is 11.6 Å². The number of oxime groups is 1. The van der Waals surface area contributed by atoms with Crippen LogP contribution in [0.5, 0.6) is 0 Å². The van der Waals surface area contributed by atoms with Gasteiger partial charge >= 0.3 is 0 Å². The summed E-state index contributed by atoms with van der Waals surface area (Å²) in [5, 5.41) is 14.0. The highest BCUT2D eigenvalue weighted by Crippen LogP contribution is 2.33. The molecule has 27 heavy (non-hydrogen) atoms. The fourth-order valence-corrected chi connectivity index (χ4v) is 3.76. The van der Waals surface area contributed by atoms with Crippen molar-refractivity contribution < 1.29 is 5.21 Å². The van der Waals surface area contributed by atoms with E-state index >= 15 is 0 Å². The average Bonchev–Trinajstić information content (AvgIpc) is 2.64. The van der Waals surface area contributed by atoms with Crippen molar-refractivity contribution in [3.05, 3.63) is 98.2 Å². The van der Waals surface area contributed by atoms with Crippen LogP contribution in [0.3, 0.4) is 0 Å². The van der Waals surface area contributed by atoms with Crippen molar-refractivity contribution >= 4 is 33.2 Å². The van der Waals surface area contributed by atoms with Crippen molar-refractivity contribution in [2.45, 2.75) is 26.2 Å². The molecule has 138 valence electrons. The Bertz CT molecular complexity index is 970. The maximum Gasteiger partial charge on any atom is 0.0878 e. The standard InChI is InChI=1S/C22H20BrClN2O/c1-14-11-19(24)7-8-20(14)21(16-3-5-18(23)6-4-16)13-22(26-27)17-9-10-25-15(2)12-17/h3-12,21,27H,13H2,1-2H3/t21-/m1/s1.